The molecule has 4 heteroatoms. The van der Waals surface area contributed by atoms with Gasteiger partial charge in [0, 0.05) is 30.2 Å². The minimum Gasteiger partial charge on any atom is -0.372 e. The summed E-state index contributed by atoms with van der Waals surface area (Å²) >= 11 is 1.83. The van der Waals surface area contributed by atoms with E-state index in [1.807, 2.05) is 11.8 Å². The fourth-order valence-corrected chi connectivity index (χ4v) is 3.82. The number of hydrogen-bond donors (Lipinski definition) is 1. The number of aliphatic imine (C=N–C) groups is 1. The van der Waals surface area contributed by atoms with Crippen molar-refractivity contribution in [1.82, 2.24) is 0 Å². The van der Waals surface area contributed by atoms with Crippen molar-refractivity contribution in [2.75, 3.05) is 29.1 Å². The Bertz CT molecular complexity index is 491. The zero-order chi connectivity index (χ0) is 14.0. The van der Waals surface area contributed by atoms with E-state index in [-0.39, 0.29) is 5.54 Å². The van der Waals surface area contributed by atoms with Gasteiger partial charge >= 0.3 is 0 Å². The molecule has 108 valence electrons. The third kappa shape index (κ3) is 2.95. The molecule has 2 heterocycles. The molecular formula is C16H23N3S. The molecule has 3 rings (SSSR count). The molecule has 0 radical (unpaired) electrons. The minimum atomic E-state index is 0.114. The number of benzene rings is 1. The number of nitrogens with one attached hydrogen (secondary N) is 1. The van der Waals surface area contributed by atoms with E-state index in [1.54, 1.807) is 0 Å². The molecule has 1 aromatic rings. The number of thioether (sulfide) groups is 1. The Morgan fingerprint density at radius 3 is 2.55 bits per heavy atom. The fourth-order valence-electron chi connectivity index (χ4n) is 2.63. The Morgan fingerprint density at radius 2 is 1.95 bits per heavy atom. The summed E-state index contributed by atoms with van der Waals surface area (Å²) in [6, 6.07) is 8.76. The fraction of sp³-hybridized carbons (Fsp3) is 0.562. The second-order valence-electron chi connectivity index (χ2n) is 5.92. The number of rotatable bonds is 3. The Kier molecular flexibility index (Phi) is 3.92. The molecule has 3 nitrogen and oxygen atoms in total. The van der Waals surface area contributed by atoms with Gasteiger partial charge in [0.1, 0.15) is 0 Å². The monoisotopic (exact) mass is 289 g/mol. The highest BCUT2D eigenvalue weighted by Gasteiger charge is 2.28. The van der Waals surface area contributed by atoms with Crippen LogP contribution >= 0.6 is 11.8 Å². The predicted octanol–water partition coefficient (Wildman–Crippen LogP) is 3.97. The second-order valence-corrected chi connectivity index (χ2v) is 6.89. The molecule has 20 heavy (non-hydrogen) atoms. The molecule has 1 unspecified atom stereocenters. The molecule has 1 aromatic carbocycles. The van der Waals surface area contributed by atoms with Gasteiger partial charge in [-0.1, -0.05) is 18.7 Å². The molecule has 0 amide bonds. The zero-order valence-corrected chi connectivity index (χ0v) is 13.2. The van der Waals surface area contributed by atoms with Gasteiger partial charge in [-0.2, -0.15) is 0 Å². The number of anilines is 2. The lowest BCUT2D eigenvalue weighted by atomic mass is 10.0. The average Bonchev–Trinajstić information content (AvgIpc) is 3.11. The van der Waals surface area contributed by atoms with Gasteiger partial charge < -0.3 is 10.2 Å². The molecule has 1 N–H and O–H groups in total. The highest BCUT2D eigenvalue weighted by Crippen LogP contribution is 2.31. The first-order chi connectivity index (χ1) is 9.68. The highest BCUT2D eigenvalue weighted by atomic mass is 32.2. The minimum absolute atomic E-state index is 0.114. The summed E-state index contributed by atoms with van der Waals surface area (Å²) in [6.07, 6.45) is 3.74. The van der Waals surface area contributed by atoms with Crippen LogP contribution in [0.2, 0.25) is 0 Å². The van der Waals surface area contributed by atoms with Gasteiger partial charge in [0.2, 0.25) is 0 Å². The summed E-state index contributed by atoms with van der Waals surface area (Å²) in [6.45, 7) is 6.83. The SMILES string of the molecule is CCC1(C)CSC(Nc2ccc(N3CCCC3)cc2)=N1. The topological polar surface area (TPSA) is 27.6 Å². The number of amidine groups is 1. The predicted molar refractivity (Wildman–Crippen MR) is 90.1 cm³/mol. The smallest absolute Gasteiger partial charge is 0.161 e. The van der Waals surface area contributed by atoms with Crippen LogP contribution in [-0.4, -0.2) is 29.5 Å². The first kappa shape index (κ1) is 13.8. The maximum absolute atomic E-state index is 4.79. The normalized spacial score (nSPS) is 25.9. The van der Waals surface area contributed by atoms with Crippen LogP contribution < -0.4 is 10.2 Å². The van der Waals surface area contributed by atoms with Crippen LogP contribution in [0.15, 0.2) is 29.3 Å². The van der Waals surface area contributed by atoms with Crippen LogP contribution in [0.25, 0.3) is 0 Å². The van der Waals surface area contributed by atoms with E-state index >= 15 is 0 Å². The second kappa shape index (κ2) is 5.68. The molecule has 0 aromatic heterocycles. The first-order valence-electron chi connectivity index (χ1n) is 7.53. The van der Waals surface area contributed by atoms with Crippen LogP contribution in [0.1, 0.15) is 33.1 Å². The van der Waals surface area contributed by atoms with Gasteiger partial charge in [-0.25, -0.2) is 0 Å². The molecule has 1 saturated heterocycles. The van der Waals surface area contributed by atoms with E-state index in [1.165, 1.54) is 31.6 Å². The van der Waals surface area contributed by atoms with E-state index in [9.17, 15) is 0 Å². The third-order valence-electron chi connectivity index (χ3n) is 4.24. The van der Waals surface area contributed by atoms with Crippen molar-refractivity contribution >= 4 is 28.3 Å². The van der Waals surface area contributed by atoms with E-state index in [0.717, 1.165) is 23.0 Å². The summed E-state index contributed by atoms with van der Waals surface area (Å²) < 4.78 is 0. The average molecular weight is 289 g/mol. The first-order valence-corrected chi connectivity index (χ1v) is 8.52. The zero-order valence-electron chi connectivity index (χ0n) is 12.4. The molecule has 0 bridgehead atoms. The standard InChI is InChI=1S/C16H23N3S/c1-3-16(2)12-20-15(18-16)17-13-6-8-14(9-7-13)19-10-4-5-11-19/h6-9H,3-5,10-12H2,1-2H3,(H,17,18). The van der Waals surface area contributed by atoms with Crippen molar-refractivity contribution in [3.63, 3.8) is 0 Å². The van der Waals surface area contributed by atoms with Crippen LogP contribution in [0.4, 0.5) is 11.4 Å². The lowest BCUT2D eigenvalue weighted by Crippen LogP contribution is -2.20. The molecular weight excluding hydrogens is 266 g/mol. The Hall–Kier alpha value is -1.16. The summed E-state index contributed by atoms with van der Waals surface area (Å²) in [5.74, 6) is 1.08. The van der Waals surface area contributed by atoms with Crippen molar-refractivity contribution < 1.29 is 0 Å². The van der Waals surface area contributed by atoms with E-state index in [0.29, 0.717) is 0 Å². The van der Waals surface area contributed by atoms with Crippen molar-refractivity contribution in [3.8, 4) is 0 Å². The maximum Gasteiger partial charge on any atom is 0.161 e. The van der Waals surface area contributed by atoms with Crippen molar-refractivity contribution in [2.24, 2.45) is 4.99 Å². The van der Waals surface area contributed by atoms with Gasteiger partial charge in [-0.15, -0.1) is 0 Å². The van der Waals surface area contributed by atoms with Crippen LogP contribution in [0.3, 0.4) is 0 Å². The Labute approximate surface area is 125 Å². The molecule has 1 fully saturated rings. The molecule has 0 saturated carbocycles. The maximum atomic E-state index is 4.79. The van der Waals surface area contributed by atoms with Crippen molar-refractivity contribution in [1.29, 1.82) is 0 Å². The van der Waals surface area contributed by atoms with Crippen LogP contribution in [0, 0.1) is 0 Å². The summed E-state index contributed by atoms with van der Waals surface area (Å²) in [7, 11) is 0. The summed E-state index contributed by atoms with van der Waals surface area (Å²) in [5.41, 5.74) is 2.59. The summed E-state index contributed by atoms with van der Waals surface area (Å²) in [4.78, 5) is 7.25. The van der Waals surface area contributed by atoms with Gasteiger partial charge in [0.25, 0.3) is 0 Å². The lowest BCUT2D eigenvalue weighted by molar-refractivity contribution is 0.523. The van der Waals surface area contributed by atoms with Crippen molar-refractivity contribution in [3.05, 3.63) is 24.3 Å². The quantitative estimate of drug-likeness (QED) is 0.912. The van der Waals surface area contributed by atoms with Gasteiger partial charge in [-0.3, -0.25) is 4.99 Å². The van der Waals surface area contributed by atoms with Crippen LogP contribution in [-0.2, 0) is 0 Å². The van der Waals surface area contributed by atoms with Crippen molar-refractivity contribution in [2.45, 2.75) is 38.6 Å². The summed E-state index contributed by atoms with van der Waals surface area (Å²) in [5, 5.41) is 4.50. The molecule has 0 spiro atoms. The molecule has 2 aliphatic heterocycles. The van der Waals surface area contributed by atoms with Gasteiger partial charge in [0.05, 0.1) is 5.54 Å². The van der Waals surface area contributed by atoms with E-state index < -0.39 is 0 Å². The van der Waals surface area contributed by atoms with Gasteiger partial charge in [-0.05, 0) is 50.5 Å². The van der Waals surface area contributed by atoms with Crippen LogP contribution in [0.5, 0.6) is 0 Å². The number of hydrogen-bond acceptors (Lipinski definition) is 4. The van der Waals surface area contributed by atoms with Gasteiger partial charge in [0.15, 0.2) is 5.17 Å². The molecule has 2 aliphatic rings. The highest BCUT2D eigenvalue weighted by molar-refractivity contribution is 8.14. The molecule has 1 atom stereocenters. The third-order valence-corrected chi connectivity index (χ3v) is 5.48. The largest absolute Gasteiger partial charge is 0.372 e. The van der Waals surface area contributed by atoms with E-state index in [4.69, 9.17) is 4.99 Å². The van der Waals surface area contributed by atoms with E-state index in [2.05, 4.69) is 48.3 Å². The Morgan fingerprint density at radius 1 is 1.25 bits per heavy atom. The lowest BCUT2D eigenvalue weighted by Gasteiger charge is -2.18. The molecule has 0 aliphatic carbocycles. The number of nitrogens with zero attached hydrogens (tertiary/aromatic N) is 2. The Balaban J connectivity index is 1.65.